The van der Waals surface area contributed by atoms with Crippen LogP contribution in [0.3, 0.4) is 0 Å². The Bertz CT molecular complexity index is 440. The van der Waals surface area contributed by atoms with Gasteiger partial charge in [-0.2, -0.15) is 5.26 Å². The van der Waals surface area contributed by atoms with Gasteiger partial charge in [0.25, 0.3) is 0 Å². The van der Waals surface area contributed by atoms with Crippen LogP contribution in [-0.2, 0) is 4.74 Å². The number of anilines is 1. The molecule has 0 aliphatic rings. The predicted molar refractivity (Wildman–Crippen MR) is 63.6 cm³/mol. The lowest BCUT2D eigenvalue weighted by Crippen LogP contribution is -2.26. The molecule has 0 aromatic carbocycles. The number of ether oxygens (including phenoxy) is 1. The number of nitrogens with zero attached hydrogens (tertiary/aromatic N) is 3. The van der Waals surface area contributed by atoms with Crippen molar-refractivity contribution in [3.8, 4) is 6.07 Å². The van der Waals surface area contributed by atoms with Crippen molar-refractivity contribution in [2.75, 3.05) is 25.6 Å². The van der Waals surface area contributed by atoms with Crippen molar-refractivity contribution in [3.05, 3.63) is 23.9 Å². The number of rotatable bonds is 4. The number of esters is 1. The van der Waals surface area contributed by atoms with E-state index in [1.807, 2.05) is 6.92 Å². The van der Waals surface area contributed by atoms with Crippen molar-refractivity contribution in [3.63, 3.8) is 0 Å². The first kappa shape index (κ1) is 13.0. The molecule has 1 heterocycles. The molecular weight excluding hydrogens is 218 g/mol. The summed E-state index contributed by atoms with van der Waals surface area (Å²) < 4.78 is 4.69. The van der Waals surface area contributed by atoms with Crippen molar-refractivity contribution in [2.45, 2.75) is 6.92 Å². The van der Waals surface area contributed by atoms with Crippen molar-refractivity contribution in [2.24, 2.45) is 5.92 Å². The average Bonchev–Trinajstić information content (AvgIpc) is 2.37. The molecule has 0 N–H and O–H groups in total. The lowest BCUT2D eigenvalue weighted by molar-refractivity contribution is 0.0601. The summed E-state index contributed by atoms with van der Waals surface area (Å²) in [6.07, 6.45) is 1.61. The maximum absolute atomic E-state index is 11.5. The molecule has 1 aromatic rings. The van der Waals surface area contributed by atoms with E-state index < -0.39 is 5.97 Å². The standard InChI is InChI=1S/C12H15N3O2/c1-9(7-13)8-15(2)11-10(12(16)17-3)5-4-6-14-11/h4-6,9H,8H2,1-3H3. The molecule has 0 aliphatic carbocycles. The molecule has 0 bridgehead atoms. The van der Waals surface area contributed by atoms with E-state index in [0.717, 1.165) is 0 Å². The Morgan fingerprint density at radius 3 is 3.00 bits per heavy atom. The Hall–Kier alpha value is -2.09. The summed E-state index contributed by atoms with van der Waals surface area (Å²) in [5, 5.41) is 8.77. The van der Waals surface area contributed by atoms with E-state index in [-0.39, 0.29) is 5.92 Å². The second kappa shape index (κ2) is 5.85. The molecule has 0 saturated heterocycles. The maximum Gasteiger partial charge on any atom is 0.341 e. The molecule has 0 fully saturated rings. The van der Waals surface area contributed by atoms with Gasteiger partial charge in [-0.05, 0) is 19.1 Å². The molecule has 5 heteroatoms. The minimum Gasteiger partial charge on any atom is -0.465 e. The third-order valence-electron chi connectivity index (χ3n) is 2.32. The molecule has 90 valence electrons. The molecule has 1 rings (SSSR count). The van der Waals surface area contributed by atoms with E-state index in [9.17, 15) is 4.79 Å². The fourth-order valence-corrected chi connectivity index (χ4v) is 1.51. The van der Waals surface area contributed by atoms with E-state index in [1.54, 1.807) is 30.3 Å². The van der Waals surface area contributed by atoms with Gasteiger partial charge < -0.3 is 9.64 Å². The molecule has 0 saturated carbocycles. The zero-order valence-corrected chi connectivity index (χ0v) is 10.2. The Balaban J connectivity index is 2.97. The highest BCUT2D eigenvalue weighted by Crippen LogP contribution is 2.17. The summed E-state index contributed by atoms with van der Waals surface area (Å²) in [7, 11) is 3.12. The molecule has 0 aliphatic heterocycles. The van der Waals surface area contributed by atoms with E-state index in [1.165, 1.54) is 7.11 Å². The second-order valence-corrected chi connectivity index (χ2v) is 3.78. The highest BCUT2D eigenvalue weighted by Gasteiger charge is 2.16. The van der Waals surface area contributed by atoms with Gasteiger partial charge in [0, 0.05) is 19.8 Å². The predicted octanol–water partition coefficient (Wildman–Crippen LogP) is 1.46. The molecule has 5 nitrogen and oxygen atoms in total. The van der Waals surface area contributed by atoms with Crippen LogP contribution in [0.4, 0.5) is 5.82 Å². The Labute approximate surface area is 101 Å². The zero-order chi connectivity index (χ0) is 12.8. The van der Waals surface area contributed by atoms with E-state index in [0.29, 0.717) is 17.9 Å². The number of methoxy groups -OCH3 is 1. The van der Waals surface area contributed by atoms with E-state index in [4.69, 9.17) is 5.26 Å². The largest absolute Gasteiger partial charge is 0.465 e. The number of hydrogen-bond acceptors (Lipinski definition) is 5. The molecule has 0 spiro atoms. The van der Waals surface area contributed by atoms with Gasteiger partial charge in [0.15, 0.2) is 0 Å². The van der Waals surface area contributed by atoms with Crippen LogP contribution in [0.15, 0.2) is 18.3 Å². The van der Waals surface area contributed by atoms with Gasteiger partial charge >= 0.3 is 5.97 Å². The van der Waals surface area contributed by atoms with Crippen LogP contribution in [0.1, 0.15) is 17.3 Å². The van der Waals surface area contributed by atoms with Crippen LogP contribution in [0.5, 0.6) is 0 Å². The van der Waals surface area contributed by atoms with Gasteiger partial charge in [0.1, 0.15) is 11.4 Å². The molecule has 1 aromatic heterocycles. The van der Waals surface area contributed by atoms with Crippen LogP contribution in [-0.4, -0.2) is 31.7 Å². The number of hydrogen-bond donors (Lipinski definition) is 0. The fraction of sp³-hybridized carbons (Fsp3) is 0.417. The third kappa shape index (κ3) is 3.18. The van der Waals surface area contributed by atoms with Crippen LogP contribution in [0, 0.1) is 17.2 Å². The highest BCUT2D eigenvalue weighted by molar-refractivity contribution is 5.94. The summed E-state index contributed by atoms with van der Waals surface area (Å²) in [6.45, 7) is 2.33. The minimum atomic E-state index is -0.426. The maximum atomic E-state index is 11.5. The minimum absolute atomic E-state index is 0.132. The monoisotopic (exact) mass is 233 g/mol. The second-order valence-electron chi connectivity index (χ2n) is 3.78. The lowest BCUT2D eigenvalue weighted by atomic mass is 10.2. The summed E-state index contributed by atoms with van der Waals surface area (Å²) in [4.78, 5) is 17.5. The van der Waals surface area contributed by atoms with Gasteiger partial charge in [-0.1, -0.05) is 0 Å². The molecular formula is C12H15N3O2. The average molecular weight is 233 g/mol. The smallest absolute Gasteiger partial charge is 0.341 e. The van der Waals surface area contributed by atoms with Crippen LogP contribution in [0.2, 0.25) is 0 Å². The Morgan fingerprint density at radius 1 is 1.71 bits per heavy atom. The van der Waals surface area contributed by atoms with Crippen molar-refractivity contribution < 1.29 is 9.53 Å². The third-order valence-corrected chi connectivity index (χ3v) is 2.32. The molecule has 1 atom stereocenters. The Morgan fingerprint density at radius 2 is 2.41 bits per heavy atom. The first-order chi connectivity index (χ1) is 8.10. The number of pyridine rings is 1. The Kier molecular flexibility index (Phi) is 4.46. The van der Waals surface area contributed by atoms with Gasteiger partial charge in [0.2, 0.25) is 0 Å². The van der Waals surface area contributed by atoms with Gasteiger partial charge in [-0.25, -0.2) is 9.78 Å². The number of carbonyl (C=O) groups is 1. The van der Waals surface area contributed by atoms with Crippen molar-refractivity contribution in [1.82, 2.24) is 4.98 Å². The van der Waals surface area contributed by atoms with Crippen molar-refractivity contribution in [1.29, 1.82) is 5.26 Å². The number of nitriles is 1. The highest BCUT2D eigenvalue weighted by atomic mass is 16.5. The number of carbonyl (C=O) groups excluding carboxylic acids is 1. The first-order valence-corrected chi connectivity index (χ1v) is 5.24. The normalized spacial score (nSPS) is 11.4. The summed E-state index contributed by atoms with van der Waals surface area (Å²) >= 11 is 0. The lowest BCUT2D eigenvalue weighted by Gasteiger charge is -2.21. The van der Waals surface area contributed by atoms with E-state index in [2.05, 4.69) is 15.8 Å². The zero-order valence-electron chi connectivity index (χ0n) is 10.2. The molecule has 0 amide bonds. The molecule has 0 radical (unpaired) electrons. The summed E-state index contributed by atoms with van der Waals surface area (Å²) in [5.74, 6) is -0.0292. The summed E-state index contributed by atoms with van der Waals surface area (Å²) in [5.41, 5.74) is 0.405. The van der Waals surface area contributed by atoms with Gasteiger partial charge in [-0.15, -0.1) is 0 Å². The quantitative estimate of drug-likeness (QED) is 0.736. The van der Waals surface area contributed by atoms with Crippen LogP contribution >= 0.6 is 0 Å². The molecule has 17 heavy (non-hydrogen) atoms. The molecule has 1 unspecified atom stereocenters. The fourth-order valence-electron chi connectivity index (χ4n) is 1.51. The number of aromatic nitrogens is 1. The first-order valence-electron chi connectivity index (χ1n) is 5.24. The van der Waals surface area contributed by atoms with Crippen LogP contribution in [0.25, 0.3) is 0 Å². The van der Waals surface area contributed by atoms with E-state index >= 15 is 0 Å². The van der Waals surface area contributed by atoms with Gasteiger partial charge in [-0.3, -0.25) is 0 Å². The van der Waals surface area contributed by atoms with Crippen LogP contribution < -0.4 is 4.90 Å². The topological polar surface area (TPSA) is 66.2 Å². The van der Waals surface area contributed by atoms with Crippen molar-refractivity contribution >= 4 is 11.8 Å². The SMILES string of the molecule is COC(=O)c1cccnc1N(C)CC(C)C#N. The summed E-state index contributed by atoms with van der Waals surface area (Å²) in [6, 6.07) is 5.48. The van der Waals surface area contributed by atoms with Gasteiger partial charge in [0.05, 0.1) is 19.1 Å².